The molecule has 1 aliphatic rings. The molecule has 0 radical (unpaired) electrons. The zero-order valence-corrected chi connectivity index (χ0v) is 19.3. The van der Waals surface area contributed by atoms with Gasteiger partial charge in [0.25, 0.3) is 0 Å². The second-order valence-corrected chi connectivity index (χ2v) is 7.03. The van der Waals surface area contributed by atoms with Crippen LogP contribution in [0.3, 0.4) is 0 Å². The van der Waals surface area contributed by atoms with Gasteiger partial charge in [0.1, 0.15) is 17.9 Å². The summed E-state index contributed by atoms with van der Waals surface area (Å²) in [6.07, 6.45) is 0. The number of amides is 2. The number of methoxy groups -OCH3 is 3. The van der Waals surface area contributed by atoms with Gasteiger partial charge in [0.2, 0.25) is 0 Å². The van der Waals surface area contributed by atoms with E-state index < -0.39 is 24.0 Å². The third kappa shape index (κ3) is 5.22. The number of ether oxygens (including phenoxy) is 5. The van der Waals surface area contributed by atoms with Crippen molar-refractivity contribution in [2.45, 2.75) is 13.0 Å². The zero-order chi connectivity index (χ0) is 24.7. The van der Waals surface area contributed by atoms with Crippen molar-refractivity contribution in [3.8, 4) is 17.2 Å². The Morgan fingerprint density at radius 2 is 1.65 bits per heavy atom. The average molecular weight is 470 g/mol. The van der Waals surface area contributed by atoms with E-state index in [1.807, 2.05) is 0 Å². The Bertz CT molecular complexity index is 1090. The van der Waals surface area contributed by atoms with Crippen LogP contribution in [0.1, 0.15) is 28.9 Å². The van der Waals surface area contributed by atoms with Crippen molar-refractivity contribution >= 4 is 18.0 Å². The molecule has 1 heterocycles. The van der Waals surface area contributed by atoms with Crippen LogP contribution in [-0.2, 0) is 14.3 Å². The molecule has 180 valence electrons. The Kier molecular flexibility index (Phi) is 7.96. The van der Waals surface area contributed by atoms with Gasteiger partial charge in [-0.15, -0.1) is 0 Å². The van der Waals surface area contributed by atoms with Gasteiger partial charge in [0.15, 0.2) is 11.5 Å². The van der Waals surface area contributed by atoms with Crippen LogP contribution in [0.25, 0.3) is 0 Å². The molecule has 0 saturated carbocycles. The van der Waals surface area contributed by atoms with Crippen LogP contribution < -0.4 is 24.8 Å². The number of rotatable bonds is 9. The molecule has 0 unspecified atom stereocenters. The molecule has 0 bridgehead atoms. The fraction of sp³-hybridized carbons (Fsp3) is 0.292. The molecular weight excluding hydrogens is 444 g/mol. The fourth-order valence-corrected chi connectivity index (χ4v) is 3.49. The molecule has 1 atom stereocenters. The van der Waals surface area contributed by atoms with E-state index in [0.29, 0.717) is 17.1 Å². The van der Waals surface area contributed by atoms with Gasteiger partial charge in [0, 0.05) is 0 Å². The number of hydrogen-bond acceptors (Lipinski definition) is 8. The van der Waals surface area contributed by atoms with E-state index in [1.165, 1.54) is 27.4 Å². The summed E-state index contributed by atoms with van der Waals surface area (Å²) in [6, 6.07) is 10.3. The van der Waals surface area contributed by atoms with E-state index in [2.05, 4.69) is 10.6 Å². The smallest absolute Gasteiger partial charge is 0.342 e. The van der Waals surface area contributed by atoms with Crippen LogP contribution in [0.5, 0.6) is 17.2 Å². The van der Waals surface area contributed by atoms with Crippen LogP contribution in [0.2, 0.25) is 0 Å². The summed E-state index contributed by atoms with van der Waals surface area (Å²) in [5, 5.41) is 5.27. The van der Waals surface area contributed by atoms with E-state index in [0.717, 1.165) is 0 Å². The molecule has 0 fully saturated rings. The van der Waals surface area contributed by atoms with Crippen molar-refractivity contribution in [2.75, 3.05) is 34.5 Å². The van der Waals surface area contributed by atoms with Crippen molar-refractivity contribution in [3.63, 3.8) is 0 Å². The normalized spacial score (nSPS) is 15.1. The number of nitrogens with one attached hydrogen (secondary N) is 2. The molecule has 0 saturated heterocycles. The number of para-hydroxylation sites is 1. The molecule has 2 N–H and O–H groups in total. The van der Waals surface area contributed by atoms with E-state index in [4.69, 9.17) is 23.7 Å². The van der Waals surface area contributed by atoms with Crippen molar-refractivity contribution < 1.29 is 38.1 Å². The van der Waals surface area contributed by atoms with E-state index in [9.17, 15) is 14.4 Å². The van der Waals surface area contributed by atoms with Crippen LogP contribution in [0.15, 0.2) is 53.7 Å². The third-order valence-electron chi connectivity index (χ3n) is 5.07. The first-order chi connectivity index (χ1) is 16.4. The van der Waals surface area contributed by atoms with Crippen molar-refractivity contribution in [2.24, 2.45) is 0 Å². The Morgan fingerprint density at radius 1 is 0.912 bits per heavy atom. The summed E-state index contributed by atoms with van der Waals surface area (Å²) in [6.45, 7) is 1.41. The predicted octanol–water partition coefficient (Wildman–Crippen LogP) is 2.74. The first-order valence-electron chi connectivity index (χ1n) is 10.4. The standard InChI is InChI=1S/C24H26N2O8/c1-5-33-23(28)19-17(13-34-22(27)16-7-6-8-18(31-3)21(16)32-4)25-24(29)26-20(19)14-9-11-15(30-2)12-10-14/h6-12,20H,5,13H2,1-4H3,(H2,25,26,29)/t20-/m0/s1. The van der Waals surface area contributed by atoms with Crippen molar-refractivity contribution in [1.82, 2.24) is 10.6 Å². The molecule has 0 aliphatic carbocycles. The molecule has 3 rings (SSSR count). The molecule has 2 amide bonds. The van der Waals surface area contributed by atoms with Crippen LogP contribution in [-0.4, -0.2) is 52.5 Å². The summed E-state index contributed by atoms with van der Waals surface area (Å²) in [4.78, 5) is 38.0. The minimum absolute atomic E-state index is 0.109. The number of urea groups is 1. The largest absolute Gasteiger partial charge is 0.497 e. The number of esters is 2. The Morgan fingerprint density at radius 3 is 2.26 bits per heavy atom. The molecule has 0 spiro atoms. The van der Waals surface area contributed by atoms with Gasteiger partial charge in [-0.1, -0.05) is 18.2 Å². The molecule has 34 heavy (non-hydrogen) atoms. The first-order valence-corrected chi connectivity index (χ1v) is 10.4. The highest BCUT2D eigenvalue weighted by atomic mass is 16.5. The van der Waals surface area contributed by atoms with Crippen LogP contribution in [0, 0.1) is 0 Å². The molecule has 10 heteroatoms. The molecule has 2 aromatic rings. The number of hydrogen-bond donors (Lipinski definition) is 2. The van der Waals surface area contributed by atoms with E-state index in [1.54, 1.807) is 43.3 Å². The highest BCUT2D eigenvalue weighted by molar-refractivity contribution is 5.96. The van der Waals surface area contributed by atoms with E-state index >= 15 is 0 Å². The lowest BCUT2D eigenvalue weighted by Gasteiger charge is -2.29. The first kappa shape index (κ1) is 24.4. The number of benzene rings is 2. The Balaban J connectivity index is 1.94. The van der Waals surface area contributed by atoms with E-state index in [-0.39, 0.29) is 35.8 Å². The second-order valence-electron chi connectivity index (χ2n) is 7.03. The van der Waals surface area contributed by atoms with Crippen LogP contribution in [0.4, 0.5) is 4.79 Å². The van der Waals surface area contributed by atoms with Gasteiger partial charge in [-0.2, -0.15) is 0 Å². The maximum Gasteiger partial charge on any atom is 0.342 e. The minimum Gasteiger partial charge on any atom is -0.497 e. The number of carbonyl (C=O) groups is 3. The molecule has 10 nitrogen and oxygen atoms in total. The zero-order valence-electron chi connectivity index (χ0n) is 19.3. The van der Waals surface area contributed by atoms with Gasteiger partial charge in [-0.25, -0.2) is 14.4 Å². The molecule has 1 aliphatic heterocycles. The lowest BCUT2D eigenvalue weighted by atomic mass is 9.95. The average Bonchev–Trinajstić information content (AvgIpc) is 2.86. The van der Waals surface area contributed by atoms with Crippen LogP contribution >= 0.6 is 0 Å². The summed E-state index contributed by atoms with van der Waals surface area (Å²) in [7, 11) is 4.39. The van der Waals surface area contributed by atoms with Crippen molar-refractivity contribution in [1.29, 1.82) is 0 Å². The van der Waals surface area contributed by atoms with Gasteiger partial charge in [-0.3, -0.25) is 0 Å². The molecule has 2 aromatic carbocycles. The van der Waals surface area contributed by atoms with Gasteiger partial charge >= 0.3 is 18.0 Å². The summed E-state index contributed by atoms with van der Waals surface area (Å²) in [5.74, 6) is -0.189. The molecular formula is C24H26N2O8. The van der Waals surface area contributed by atoms with Gasteiger partial charge < -0.3 is 34.3 Å². The van der Waals surface area contributed by atoms with Gasteiger partial charge in [-0.05, 0) is 36.8 Å². The predicted molar refractivity (Wildman–Crippen MR) is 121 cm³/mol. The Hall–Kier alpha value is -4.21. The topological polar surface area (TPSA) is 121 Å². The second kappa shape index (κ2) is 11.1. The number of carbonyl (C=O) groups excluding carboxylic acids is 3. The quantitative estimate of drug-likeness (QED) is 0.537. The molecule has 0 aromatic heterocycles. The highest BCUT2D eigenvalue weighted by Crippen LogP contribution is 2.32. The summed E-state index contributed by atoms with van der Waals surface area (Å²) in [5.41, 5.74) is 0.986. The SMILES string of the molecule is CCOC(=O)C1=C(COC(=O)c2cccc(OC)c2OC)NC(=O)N[C@H]1c1ccc(OC)cc1. The van der Waals surface area contributed by atoms with Crippen molar-refractivity contribution in [3.05, 3.63) is 64.9 Å². The maximum absolute atomic E-state index is 12.8. The summed E-state index contributed by atoms with van der Waals surface area (Å²) < 4.78 is 26.3. The lowest BCUT2D eigenvalue weighted by molar-refractivity contribution is -0.139. The third-order valence-corrected chi connectivity index (χ3v) is 5.07. The summed E-state index contributed by atoms with van der Waals surface area (Å²) >= 11 is 0. The Labute approximate surface area is 196 Å². The lowest BCUT2D eigenvalue weighted by Crippen LogP contribution is -2.47. The minimum atomic E-state index is -0.821. The van der Waals surface area contributed by atoms with Gasteiger partial charge in [0.05, 0.1) is 45.2 Å². The highest BCUT2D eigenvalue weighted by Gasteiger charge is 2.34. The monoisotopic (exact) mass is 470 g/mol. The maximum atomic E-state index is 12.8. The fourth-order valence-electron chi connectivity index (χ4n) is 3.49.